The highest BCUT2D eigenvalue weighted by Gasteiger charge is 2.37. The number of benzene rings is 1. The van der Waals surface area contributed by atoms with Crippen molar-refractivity contribution in [2.24, 2.45) is 11.7 Å². The van der Waals surface area contributed by atoms with Crippen molar-refractivity contribution in [2.45, 2.75) is 63.8 Å². The van der Waals surface area contributed by atoms with Crippen molar-refractivity contribution in [2.75, 3.05) is 18.4 Å². The third-order valence-corrected chi connectivity index (χ3v) is 5.88. The van der Waals surface area contributed by atoms with Crippen molar-refractivity contribution >= 4 is 29.9 Å². The van der Waals surface area contributed by atoms with Gasteiger partial charge < -0.3 is 16.0 Å². The summed E-state index contributed by atoms with van der Waals surface area (Å²) < 4.78 is 0. The van der Waals surface area contributed by atoms with Crippen molar-refractivity contribution in [3.8, 4) is 0 Å². The summed E-state index contributed by atoms with van der Waals surface area (Å²) in [6.07, 6.45) is 7.47. The van der Waals surface area contributed by atoms with E-state index in [4.69, 9.17) is 5.73 Å². The number of amides is 2. The summed E-state index contributed by atoms with van der Waals surface area (Å²) in [4.78, 5) is 26.7. The van der Waals surface area contributed by atoms with Crippen molar-refractivity contribution in [1.29, 1.82) is 0 Å². The Hall–Kier alpha value is -1.59. The molecule has 1 saturated carbocycles. The molecule has 0 bridgehead atoms. The number of nitrogens with two attached hydrogens (primary N) is 1. The van der Waals surface area contributed by atoms with Crippen LogP contribution in [0, 0.1) is 5.92 Å². The second-order valence-corrected chi connectivity index (χ2v) is 8.08. The van der Waals surface area contributed by atoms with Crippen molar-refractivity contribution in [3.63, 3.8) is 0 Å². The number of rotatable bonds is 5. The average Bonchev–Trinajstić information content (AvgIpc) is 3.15. The molecular formula is C21H32ClN3O2. The van der Waals surface area contributed by atoms with Crippen molar-refractivity contribution in [3.05, 3.63) is 29.8 Å². The van der Waals surface area contributed by atoms with E-state index in [0.717, 1.165) is 69.3 Å². The van der Waals surface area contributed by atoms with Gasteiger partial charge in [0.25, 0.3) is 0 Å². The first-order valence-corrected chi connectivity index (χ1v) is 9.92. The summed E-state index contributed by atoms with van der Waals surface area (Å²) in [7, 11) is 0. The molecule has 2 atom stereocenters. The summed E-state index contributed by atoms with van der Waals surface area (Å²) in [5.41, 5.74) is 7.82. The van der Waals surface area contributed by atoms with Crippen LogP contribution in [-0.4, -0.2) is 35.3 Å². The Kier molecular flexibility index (Phi) is 7.68. The van der Waals surface area contributed by atoms with E-state index in [1.165, 1.54) is 0 Å². The first kappa shape index (κ1) is 21.7. The van der Waals surface area contributed by atoms with Crippen LogP contribution in [0.1, 0.15) is 57.4 Å². The van der Waals surface area contributed by atoms with E-state index in [9.17, 15) is 9.59 Å². The monoisotopic (exact) mass is 393 g/mol. The third-order valence-electron chi connectivity index (χ3n) is 5.88. The number of nitrogens with zero attached hydrogens (tertiary/aromatic N) is 1. The molecule has 0 radical (unpaired) electrons. The molecule has 6 heteroatoms. The normalized spacial score (nSPS) is 25.0. The molecule has 5 nitrogen and oxygen atoms in total. The minimum absolute atomic E-state index is 0. The molecule has 1 aromatic rings. The third kappa shape index (κ3) is 5.69. The van der Waals surface area contributed by atoms with Crippen LogP contribution in [0.2, 0.25) is 0 Å². The lowest BCUT2D eigenvalue weighted by molar-refractivity contribution is -0.130. The van der Waals surface area contributed by atoms with Gasteiger partial charge in [-0.3, -0.25) is 9.59 Å². The molecule has 2 unspecified atom stereocenters. The minimum Gasteiger partial charge on any atom is -0.343 e. The second kappa shape index (κ2) is 9.56. The van der Waals surface area contributed by atoms with E-state index in [-0.39, 0.29) is 30.1 Å². The summed E-state index contributed by atoms with van der Waals surface area (Å²) in [6.45, 7) is 3.80. The maximum absolute atomic E-state index is 12.6. The number of aryl methyl sites for hydroxylation is 1. The van der Waals surface area contributed by atoms with Crippen LogP contribution in [0.4, 0.5) is 5.69 Å². The molecular weight excluding hydrogens is 362 g/mol. The lowest BCUT2D eigenvalue weighted by Gasteiger charge is -2.37. The van der Waals surface area contributed by atoms with Gasteiger partial charge in [0.1, 0.15) is 0 Å². The molecule has 27 heavy (non-hydrogen) atoms. The summed E-state index contributed by atoms with van der Waals surface area (Å²) >= 11 is 0. The Balaban J connectivity index is 0.00000261. The maximum Gasteiger partial charge on any atom is 0.229 e. The number of hydrogen-bond donors (Lipinski definition) is 2. The number of carbonyl (C=O) groups is 2. The Morgan fingerprint density at radius 2 is 1.81 bits per heavy atom. The predicted octanol–water partition coefficient (Wildman–Crippen LogP) is 3.51. The Morgan fingerprint density at radius 3 is 2.44 bits per heavy atom. The standard InChI is InChI=1S/C21H31N3O2.ClH/c1-21(22)13-3-2-6-18(21)20(26)23-17-10-7-16(8-11-17)9-12-19(25)24-14-4-5-15-24;/h7-8,10-11,18H,2-6,9,12-15,22H2,1H3,(H,23,26);1H. The second-order valence-electron chi connectivity index (χ2n) is 8.08. The molecule has 2 amide bonds. The lowest BCUT2D eigenvalue weighted by Crippen LogP contribution is -2.51. The van der Waals surface area contributed by atoms with E-state index in [1.807, 2.05) is 36.1 Å². The topological polar surface area (TPSA) is 75.4 Å². The van der Waals surface area contributed by atoms with Gasteiger partial charge in [-0.05, 0) is 56.7 Å². The zero-order valence-electron chi connectivity index (χ0n) is 16.2. The molecule has 1 heterocycles. The smallest absolute Gasteiger partial charge is 0.229 e. The van der Waals surface area contributed by atoms with Crippen LogP contribution in [0.3, 0.4) is 0 Å². The minimum atomic E-state index is -0.418. The first-order chi connectivity index (χ1) is 12.5. The van der Waals surface area contributed by atoms with Gasteiger partial charge in [0, 0.05) is 30.7 Å². The van der Waals surface area contributed by atoms with Crippen molar-refractivity contribution < 1.29 is 9.59 Å². The van der Waals surface area contributed by atoms with Crippen LogP contribution in [0.25, 0.3) is 0 Å². The van der Waals surface area contributed by atoms with Gasteiger partial charge in [-0.2, -0.15) is 0 Å². The largest absolute Gasteiger partial charge is 0.343 e. The summed E-state index contributed by atoms with van der Waals surface area (Å²) in [6, 6.07) is 7.83. The molecule has 2 fully saturated rings. The van der Waals surface area contributed by atoms with Crippen LogP contribution in [0.15, 0.2) is 24.3 Å². The molecule has 1 aliphatic carbocycles. The van der Waals surface area contributed by atoms with Crippen LogP contribution in [-0.2, 0) is 16.0 Å². The fourth-order valence-corrected chi connectivity index (χ4v) is 4.15. The zero-order valence-corrected chi connectivity index (χ0v) is 17.0. The van der Waals surface area contributed by atoms with E-state index in [0.29, 0.717) is 6.42 Å². The Bertz CT molecular complexity index is 639. The van der Waals surface area contributed by atoms with Gasteiger partial charge in [0.05, 0.1) is 5.92 Å². The molecule has 3 N–H and O–H groups in total. The molecule has 2 aliphatic rings. The zero-order chi connectivity index (χ0) is 18.6. The Labute approximate surface area is 168 Å². The molecule has 150 valence electrons. The van der Waals surface area contributed by atoms with Crippen LogP contribution >= 0.6 is 12.4 Å². The molecule has 1 aliphatic heterocycles. The number of nitrogens with one attached hydrogen (secondary N) is 1. The quantitative estimate of drug-likeness (QED) is 0.803. The highest BCUT2D eigenvalue weighted by molar-refractivity contribution is 5.93. The van der Waals surface area contributed by atoms with Gasteiger partial charge in [-0.25, -0.2) is 0 Å². The lowest BCUT2D eigenvalue weighted by atomic mass is 9.74. The van der Waals surface area contributed by atoms with Gasteiger partial charge in [-0.1, -0.05) is 25.0 Å². The molecule has 1 saturated heterocycles. The number of halogens is 1. The fraction of sp³-hybridized carbons (Fsp3) is 0.619. The van der Waals surface area contributed by atoms with E-state index in [1.54, 1.807) is 0 Å². The summed E-state index contributed by atoms with van der Waals surface area (Å²) in [5.74, 6) is 0.139. The molecule has 3 rings (SSSR count). The number of anilines is 1. The van der Waals surface area contributed by atoms with Crippen LogP contribution < -0.4 is 11.1 Å². The highest BCUT2D eigenvalue weighted by Crippen LogP contribution is 2.32. The van der Waals surface area contributed by atoms with E-state index < -0.39 is 5.54 Å². The first-order valence-electron chi connectivity index (χ1n) is 9.92. The van der Waals surface area contributed by atoms with Gasteiger partial charge >= 0.3 is 0 Å². The van der Waals surface area contributed by atoms with E-state index in [2.05, 4.69) is 5.32 Å². The highest BCUT2D eigenvalue weighted by atomic mass is 35.5. The van der Waals surface area contributed by atoms with Crippen molar-refractivity contribution in [1.82, 2.24) is 4.90 Å². The molecule has 0 aromatic heterocycles. The van der Waals surface area contributed by atoms with E-state index >= 15 is 0 Å². The van der Waals surface area contributed by atoms with Gasteiger partial charge in [0.2, 0.25) is 11.8 Å². The maximum atomic E-state index is 12.6. The van der Waals surface area contributed by atoms with Gasteiger partial charge in [0.15, 0.2) is 0 Å². The SMILES string of the molecule is CC1(N)CCCCC1C(=O)Nc1ccc(CCC(=O)N2CCCC2)cc1.Cl. The molecule has 0 spiro atoms. The van der Waals surface area contributed by atoms with Gasteiger partial charge in [-0.15, -0.1) is 12.4 Å². The average molecular weight is 394 g/mol. The summed E-state index contributed by atoms with van der Waals surface area (Å²) in [5, 5.41) is 3.01. The predicted molar refractivity (Wildman–Crippen MR) is 111 cm³/mol. The number of hydrogen-bond acceptors (Lipinski definition) is 3. The number of carbonyl (C=O) groups excluding carboxylic acids is 2. The van der Waals surface area contributed by atoms with Crippen LogP contribution in [0.5, 0.6) is 0 Å². The Morgan fingerprint density at radius 1 is 1.15 bits per heavy atom. The number of likely N-dealkylation sites (tertiary alicyclic amines) is 1. The molecule has 1 aromatic carbocycles. The fourth-order valence-electron chi connectivity index (χ4n) is 4.15.